The Labute approximate surface area is 132 Å². The predicted octanol–water partition coefficient (Wildman–Crippen LogP) is 2.97. The monoisotopic (exact) mass is 331 g/mol. The van der Waals surface area contributed by atoms with E-state index in [2.05, 4.69) is 11.2 Å². The van der Waals surface area contributed by atoms with Gasteiger partial charge in [0, 0.05) is 7.05 Å². The van der Waals surface area contributed by atoms with Crippen LogP contribution in [0.25, 0.3) is 0 Å². The van der Waals surface area contributed by atoms with Crippen LogP contribution < -0.4 is 0 Å². The van der Waals surface area contributed by atoms with Gasteiger partial charge < -0.3 is 0 Å². The molecule has 0 aromatic heterocycles. The first-order chi connectivity index (χ1) is 9.50. The van der Waals surface area contributed by atoms with Crippen molar-refractivity contribution in [3.8, 4) is 6.07 Å². The van der Waals surface area contributed by atoms with Crippen molar-refractivity contribution in [3.63, 3.8) is 0 Å². The molecule has 1 heterocycles. The van der Waals surface area contributed by atoms with Crippen LogP contribution in [0.1, 0.15) is 34.6 Å². The highest BCUT2D eigenvalue weighted by atomic mass is 32.2. The number of carbonyl (C=O) groups excluding carboxylic acids is 1. The van der Waals surface area contributed by atoms with Crippen LogP contribution in [0.3, 0.4) is 0 Å². The Balaban J connectivity index is 2.67. The van der Waals surface area contributed by atoms with E-state index in [9.17, 15) is 9.70 Å². The van der Waals surface area contributed by atoms with Crippen LogP contribution in [0, 0.1) is 16.2 Å². The average Bonchev–Trinajstić information content (AvgIpc) is 2.58. The van der Waals surface area contributed by atoms with Crippen LogP contribution in [-0.2, 0) is 4.84 Å². The first kappa shape index (κ1) is 17.8. The minimum atomic E-state index is -0.760. The fourth-order valence-electron chi connectivity index (χ4n) is 1.41. The molecule has 1 saturated heterocycles. The van der Waals surface area contributed by atoms with Crippen molar-refractivity contribution in [1.29, 1.82) is 5.26 Å². The lowest BCUT2D eigenvalue weighted by Crippen LogP contribution is -2.31. The molecule has 0 saturated carbocycles. The Morgan fingerprint density at radius 1 is 1.62 bits per heavy atom. The van der Waals surface area contributed by atoms with Gasteiger partial charge in [-0.3, -0.25) is 0 Å². The number of hydrogen-bond donors (Lipinski definition) is 0. The van der Waals surface area contributed by atoms with E-state index in [1.165, 1.54) is 23.1 Å². The van der Waals surface area contributed by atoms with E-state index >= 15 is 0 Å². The molecule has 1 aliphatic rings. The van der Waals surface area contributed by atoms with Gasteiger partial charge in [0.25, 0.3) is 0 Å². The summed E-state index contributed by atoms with van der Waals surface area (Å²) in [6, 6.07) is 1.80. The van der Waals surface area contributed by atoms with Gasteiger partial charge in [-0.2, -0.15) is 10.1 Å². The summed E-state index contributed by atoms with van der Waals surface area (Å²) in [6.07, 6.45) is -0.734. The molecule has 0 bridgehead atoms. The molecule has 0 aliphatic carbocycles. The molecular weight excluding hydrogens is 312 g/mol. The van der Waals surface area contributed by atoms with Crippen LogP contribution in [-0.4, -0.2) is 42.9 Å². The van der Waals surface area contributed by atoms with E-state index in [1.807, 2.05) is 13.8 Å². The largest absolute Gasteiger partial charge is 0.469 e. The Morgan fingerprint density at radius 3 is 2.62 bits per heavy atom. The van der Waals surface area contributed by atoms with E-state index in [0.29, 0.717) is 0 Å². The first-order valence-electron chi connectivity index (χ1n) is 6.28. The van der Waals surface area contributed by atoms with Crippen LogP contribution in [0.15, 0.2) is 5.16 Å². The highest BCUT2D eigenvalue weighted by molar-refractivity contribution is 8.14. The third-order valence-electron chi connectivity index (χ3n) is 2.99. The van der Waals surface area contributed by atoms with Crippen molar-refractivity contribution in [2.24, 2.45) is 5.16 Å². The maximum absolute atomic E-state index is 11.9. The summed E-state index contributed by atoms with van der Waals surface area (Å²) < 4.78 is 0.863. The van der Waals surface area contributed by atoms with Crippen molar-refractivity contribution in [3.05, 3.63) is 4.91 Å². The van der Waals surface area contributed by atoms with Gasteiger partial charge in [-0.05, 0) is 63.1 Å². The number of amides is 1. The SMILES string of the molecule is CC1[N+](=O)C(=NOC(=O)N(C)SC(C)(C)C#N)SC1(C)C. The summed E-state index contributed by atoms with van der Waals surface area (Å²) in [5.41, 5.74) is 0. The topological polar surface area (TPSA) is 85.8 Å². The van der Waals surface area contributed by atoms with E-state index in [0.717, 1.165) is 16.7 Å². The van der Waals surface area contributed by atoms with Gasteiger partial charge in [-0.1, -0.05) is 4.91 Å². The fourth-order valence-corrected chi connectivity index (χ4v) is 3.30. The van der Waals surface area contributed by atoms with Crippen LogP contribution >= 0.6 is 23.7 Å². The second kappa shape index (κ2) is 6.23. The average molecular weight is 331 g/mol. The van der Waals surface area contributed by atoms with Crippen LogP contribution in [0.2, 0.25) is 0 Å². The molecular formula is C12H19N4O3S2+. The normalized spacial score (nSPS) is 23.0. The molecule has 1 rings (SSSR count). The molecule has 0 radical (unpaired) electrons. The number of nitriles is 1. The number of rotatable bonds is 3. The number of amidine groups is 1. The summed E-state index contributed by atoms with van der Waals surface area (Å²) in [6.45, 7) is 9.01. The van der Waals surface area contributed by atoms with Gasteiger partial charge in [0.05, 0.1) is 10.8 Å². The zero-order valence-electron chi connectivity index (χ0n) is 12.9. The highest BCUT2D eigenvalue weighted by Gasteiger charge is 2.50. The Kier molecular flexibility index (Phi) is 5.28. The van der Waals surface area contributed by atoms with Crippen LogP contribution in [0.5, 0.6) is 0 Å². The van der Waals surface area contributed by atoms with E-state index in [1.54, 1.807) is 20.8 Å². The quantitative estimate of drug-likeness (QED) is 0.342. The third-order valence-corrected chi connectivity index (χ3v) is 5.27. The number of nitrogens with zero attached hydrogens (tertiary/aromatic N) is 4. The zero-order valence-corrected chi connectivity index (χ0v) is 14.5. The van der Waals surface area contributed by atoms with Crippen molar-refractivity contribution >= 4 is 35.0 Å². The Hall–Kier alpha value is -1.27. The minimum Gasteiger partial charge on any atom is -0.250 e. The summed E-state index contributed by atoms with van der Waals surface area (Å²) in [5, 5.41) is 12.7. The molecule has 9 heteroatoms. The standard InChI is InChI=1S/C12H19N4O3S2/c1-8-12(4,5)20-9(16(8)18)14-19-10(17)15(6)21-11(2,3)7-13/h8H,1-6H3/q+1. The molecule has 116 valence electrons. The second-order valence-electron chi connectivity index (χ2n) is 5.65. The minimum absolute atomic E-state index is 0.124. The van der Waals surface area contributed by atoms with E-state index in [-0.39, 0.29) is 16.0 Å². The molecule has 0 aromatic carbocycles. The third kappa shape index (κ3) is 4.35. The van der Waals surface area contributed by atoms with Crippen LogP contribution in [0.4, 0.5) is 4.79 Å². The molecule has 1 atom stereocenters. The maximum Gasteiger partial charge on any atom is 0.469 e. The van der Waals surface area contributed by atoms with Crippen molar-refractivity contribution in [1.82, 2.24) is 4.31 Å². The molecule has 0 N–H and O–H groups in total. The van der Waals surface area contributed by atoms with Gasteiger partial charge in [-0.25, -0.2) is 9.10 Å². The van der Waals surface area contributed by atoms with Gasteiger partial charge in [0.2, 0.25) is 0 Å². The molecule has 21 heavy (non-hydrogen) atoms. The number of oxime groups is 1. The molecule has 0 spiro atoms. The molecule has 1 unspecified atom stereocenters. The predicted molar refractivity (Wildman–Crippen MR) is 83.7 cm³/mol. The van der Waals surface area contributed by atoms with Gasteiger partial charge in [0.1, 0.15) is 4.75 Å². The first-order valence-corrected chi connectivity index (χ1v) is 7.87. The molecule has 1 aliphatic heterocycles. The van der Waals surface area contributed by atoms with Gasteiger partial charge >= 0.3 is 11.3 Å². The molecule has 7 nitrogen and oxygen atoms in total. The lowest BCUT2D eigenvalue weighted by molar-refractivity contribution is -0.466. The molecule has 0 aromatic rings. The van der Waals surface area contributed by atoms with Gasteiger partial charge in [-0.15, -0.1) is 0 Å². The van der Waals surface area contributed by atoms with Gasteiger partial charge in [0.15, 0.2) is 11.2 Å². The van der Waals surface area contributed by atoms with E-state index in [4.69, 9.17) is 10.1 Å². The molecule has 1 fully saturated rings. The maximum atomic E-state index is 11.9. The summed E-state index contributed by atoms with van der Waals surface area (Å²) in [7, 11) is 1.48. The summed E-state index contributed by atoms with van der Waals surface area (Å²) >= 11 is 2.29. The molecule has 1 amide bonds. The van der Waals surface area contributed by atoms with Crippen molar-refractivity contribution in [2.75, 3.05) is 7.05 Å². The Bertz CT molecular complexity index is 525. The highest BCUT2D eigenvalue weighted by Crippen LogP contribution is 2.38. The van der Waals surface area contributed by atoms with E-state index < -0.39 is 10.8 Å². The van der Waals surface area contributed by atoms with Crippen molar-refractivity contribution in [2.45, 2.75) is 50.2 Å². The summed E-state index contributed by atoms with van der Waals surface area (Å²) in [4.78, 5) is 28.4. The number of nitroso groups, excluding NO2 is 1. The lowest BCUT2D eigenvalue weighted by atomic mass is 10.1. The second-order valence-corrected chi connectivity index (χ2v) is 9.02. The smallest absolute Gasteiger partial charge is 0.250 e. The Morgan fingerprint density at radius 2 is 2.19 bits per heavy atom. The van der Waals surface area contributed by atoms with Crippen molar-refractivity contribution < 1.29 is 14.4 Å². The number of thioether (sulfide) groups is 1. The number of carbonyl (C=O) groups is 1. The lowest BCUT2D eigenvalue weighted by Gasteiger charge is -2.20. The fraction of sp³-hybridized carbons (Fsp3) is 0.750. The number of hydrogen-bond acceptors (Lipinski definition) is 7. The summed E-state index contributed by atoms with van der Waals surface area (Å²) in [5.74, 6) is 0. The zero-order chi connectivity index (χ0) is 16.4.